The van der Waals surface area contributed by atoms with E-state index in [-0.39, 0.29) is 17.3 Å². The molecule has 4 aliphatic carbocycles. The van der Waals surface area contributed by atoms with Gasteiger partial charge < -0.3 is 23.7 Å². The van der Waals surface area contributed by atoms with Crippen LogP contribution in [0.5, 0.6) is 0 Å². The summed E-state index contributed by atoms with van der Waals surface area (Å²) < 4.78 is 20.8. The van der Waals surface area contributed by atoms with Crippen LogP contribution in [-0.2, 0) is 23.7 Å². The van der Waals surface area contributed by atoms with Crippen molar-refractivity contribution >= 4 is 18.6 Å². The lowest BCUT2D eigenvalue weighted by molar-refractivity contribution is -0.114. The Morgan fingerprint density at radius 3 is 2.39 bits per heavy atom. The molecule has 0 radical (unpaired) electrons. The Balaban J connectivity index is 1.69. The van der Waals surface area contributed by atoms with Crippen molar-refractivity contribution in [2.45, 2.75) is 71.5 Å². The SMILES string of the molecule is COC(=O)O[C@@H]1CC2=CC=C3[C@@H]4CC[C@H]([C@H](C)C=O)[C@@]4(C)CC[C@@H]3[C@@]2(C)[C@@H](OC(=O)OC)C1. The van der Waals surface area contributed by atoms with Crippen LogP contribution < -0.4 is 0 Å². The summed E-state index contributed by atoms with van der Waals surface area (Å²) in [6.07, 6.45) is 8.28. The summed E-state index contributed by atoms with van der Waals surface area (Å²) in [6, 6.07) is 0. The topological polar surface area (TPSA) is 88.1 Å². The first-order chi connectivity index (χ1) is 15.7. The van der Waals surface area contributed by atoms with Gasteiger partial charge in [0.05, 0.1) is 14.2 Å². The molecule has 7 nitrogen and oxygen atoms in total. The smallest absolute Gasteiger partial charge is 0.438 e. The van der Waals surface area contributed by atoms with Gasteiger partial charge in [0.15, 0.2) is 0 Å². The predicted octanol–water partition coefficient (Wildman–Crippen LogP) is 5.23. The van der Waals surface area contributed by atoms with Gasteiger partial charge >= 0.3 is 12.3 Å². The molecule has 0 aromatic carbocycles. The second kappa shape index (κ2) is 8.80. The quantitative estimate of drug-likeness (QED) is 0.419. The van der Waals surface area contributed by atoms with E-state index in [1.807, 2.05) is 0 Å². The Bertz CT molecular complexity index is 876. The molecule has 0 spiro atoms. The summed E-state index contributed by atoms with van der Waals surface area (Å²) >= 11 is 0. The Morgan fingerprint density at radius 2 is 1.73 bits per heavy atom. The van der Waals surface area contributed by atoms with Crippen LogP contribution in [0.25, 0.3) is 0 Å². The third-order valence-corrected chi connectivity index (χ3v) is 9.36. The van der Waals surface area contributed by atoms with E-state index in [2.05, 4.69) is 37.7 Å². The maximum atomic E-state index is 12.2. The zero-order valence-corrected chi connectivity index (χ0v) is 20.3. The van der Waals surface area contributed by atoms with Crippen molar-refractivity contribution in [3.05, 3.63) is 23.3 Å². The lowest BCUT2D eigenvalue weighted by Crippen LogP contribution is -2.54. The molecule has 0 aromatic rings. The molecular weight excluding hydrogens is 424 g/mol. The Labute approximate surface area is 195 Å². The van der Waals surface area contributed by atoms with Crippen molar-refractivity contribution in [1.82, 2.24) is 0 Å². The number of fused-ring (bicyclic) bond motifs is 5. The predicted molar refractivity (Wildman–Crippen MR) is 120 cm³/mol. The summed E-state index contributed by atoms with van der Waals surface area (Å²) in [4.78, 5) is 35.6. The van der Waals surface area contributed by atoms with Gasteiger partial charge in [-0.2, -0.15) is 0 Å². The van der Waals surface area contributed by atoms with Gasteiger partial charge in [-0.15, -0.1) is 0 Å². The van der Waals surface area contributed by atoms with Crippen molar-refractivity contribution in [2.75, 3.05) is 14.2 Å². The van der Waals surface area contributed by atoms with E-state index >= 15 is 0 Å². The van der Waals surface area contributed by atoms with Gasteiger partial charge in [0, 0.05) is 24.2 Å². The highest BCUT2D eigenvalue weighted by molar-refractivity contribution is 5.61. The van der Waals surface area contributed by atoms with Crippen molar-refractivity contribution < 1.29 is 33.3 Å². The van der Waals surface area contributed by atoms with E-state index in [0.29, 0.717) is 24.7 Å². The maximum Gasteiger partial charge on any atom is 0.508 e. The van der Waals surface area contributed by atoms with E-state index in [0.717, 1.165) is 37.5 Å². The molecule has 0 amide bonds. The number of carbonyl (C=O) groups is 3. The average Bonchev–Trinajstić information content (AvgIpc) is 3.16. The molecule has 0 N–H and O–H groups in total. The fourth-order valence-corrected chi connectivity index (χ4v) is 7.61. The van der Waals surface area contributed by atoms with Crippen LogP contribution >= 0.6 is 0 Å². The van der Waals surface area contributed by atoms with Gasteiger partial charge in [0.1, 0.15) is 18.5 Å². The number of hydrogen-bond acceptors (Lipinski definition) is 7. The van der Waals surface area contributed by atoms with Crippen molar-refractivity contribution in [3.63, 3.8) is 0 Å². The average molecular weight is 461 g/mol. The summed E-state index contributed by atoms with van der Waals surface area (Å²) in [5.74, 6) is 1.10. The largest absolute Gasteiger partial charge is 0.508 e. The molecule has 0 aromatic heterocycles. The number of carbonyl (C=O) groups excluding carboxylic acids is 3. The van der Waals surface area contributed by atoms with Crippen LogP contribution in [0.3, 0.4) is 0 Å². The maximum absolute atomic E-state index is 12.2. The second-order valence-electron chi connectivity index (χ2n) is 10.7. The minimum absolute atomic E-state index is 0.0590. The third-order valence-electron chi connectivity index (χ3n) is 9.36. The van der Waals surface area contributed by atoms with Gasteiger partial charge in [-0.1, -0.05) is 44.1 Å². The number of rotatable bonds is 4. The van der Waals surface area contributed by atoms with E-state index < -0.39 is 29.9 Å². The van der Waals surface area contributed by atoms with Gasteiger partial charge in [0.2, 0.25) is 0 Å². The molecule has 3 fully saturated rings. The molecular formula is C26H36O7. The van der Waals surface area contributed by atoms with E-state index in [4.69, 9.17) is 14.2 Å². The first kappa shape index (κ1) is 23.8. The van der Waals surface area contributed by atoms with Crippen LogP contribution in [0.1, 0.15) is 59.3 Å². The molecule has 0 unspecified atom stereocenters. The Kier molecular flexibility index (Phi) is 6.36. The van der Waals surface area contributed by atoms with Gasteiger partial charge in [-0.05, 0) is 48.9 Å². The lowest BCUT2D eigenvalue weighted by Gasteiger charge is -2.56. The summed E-state index contributed by atoms with van der Waals surface area (Å²) in [5.41, 5.74) is 2.25. The molecule has 0 bridgehead atoms. The van der Waals surface area contributed by atoms with Gasteiger partial charge in [-0.25, -0.2) is 9.59 Å². The molecule has 4 rings (SSSR count). The number of allylic oxidation sites excluding steroid dienone is 3. The standard InChI is InChI=1S/C26H36O7/c1-15(14-27)19-8-9-20-18-7-6-16-12-17(32-23(28)30-4)13-22(33-24(29)31-5)26(16,3)21(18)10-11-25(19,20)2/h6-7,14-15,17,19-22H,8-13H2,1-5H3/t15-,17-,19-,20+,21+,22+,25-,26+/m1/s1. The van der Waals surface area contributed by atoms with Crippen LogP contribution in [0, 0.1) is 34.5 Å². The molecule has 3 saturated carbocycles. The van der Waals surface area contributed by atoms with E-state index in [9.17, 15) is 14.4 Å². The lowest BCUT2D eigenvalue weighted by atomic mass is 9.49. The van der Waals surface area contributed by atoms with E-state index in [1.165, 1.54) is 19.8 Å². The molecule has 0 saturated heterocycles. The minimum atomic E-state index is -0.734. The summed E-state index contributed by atoms with van der Waals surface area (Å²) in [5, 5.41) is 0. The molecule has 8 atom stereocenters. The first-order valence-corrected chi connectivity index (χ1v) is 12.0. The van der Waals surface area contributed by atoms with Crippen LogP contribution in [0.2, 0.25) is 0 Å². The van der Waals surface area contributed by atoms with Crippen molar-refractivity contribution in [1.29, 1.82) is 0 Å². The van der Waals surface area contributed by atoms with Crippen LogP contribution in [-0.4, -0.2) is 45.0 Å². The normalized spacial score (nSPS) is 40.1. The Hall–Kier alpha value is -2.31. The fraction of sp³-hybridized carbons (Fsp3) is 0.731. The number of hydrogen-bond donors (Lipinski definition) is 0. The number of methoxy groups -OCH3 is 2. The summed E-state index contributed by atoms with van der Waals surface area (Å²) in [7, 11) is 2.59. The number of ether oxygens (including phenoxy) is 4. The van der Waals surface area contributed by atoms with Crippen molar-refractivity contribution in [3.8, 4) is 0 Å². The molecule has 182 valence electrons. The molecule has 33 heavy (non-hydrogen) atoms. The Morgan fingerprint density at radius 1 is 1.03 bits per heavy atom. The minimum Gasteiger partial charge on any atom is -0.438 e. The fourth-order valence-electron chi connectivity index (χ4n) is 7.61. The molecule has 0 aliphatic heterocycles. The summed E-state index contributed by atoms with van der Waals surface area (Å²) in [6.45, 7) is 6.59. The first-order valence-electron chi connectivity index (χ1n) is 12.0. The van der Waals surface area contributed by atoms with E-state index in [1.54, 1.807) is 0 Å². The second-order valence-corrected chi connectivity index (χ2v) is 10.7. The van der Waals surface area contributed by atoms with Gasteiger partial charge in [-0.3, -0.25) is 0 Å². The molecule has 7 heteroatoms. The monoisotopic (exact) mass is 460 g/mol. The number of aldehydes is 1. The van der Waals surface area contributed by atoms with Crippen LogP contribution in [0.15, 0.2) is 23.3 Å². The van der Waals surface area contributed by atoms with Crippen molar-refractivity contribution in [2.24, 2.45) is 34.5 Å². The van der Waals surface area contributed by atoms with Gasteiger partial charge in [0.25, 0.3) is 0 Å². The highest BCUT2D eigenvalue weighted by Crippen LogP contribution is 2.66. The zero-order valence-electron chi connectivity index (χ0n) is 20.3. The molecule has 0 heterocycles. The third kappa shape index (κ3) is 3.77. The highest BCUT2D eigenvalue weighted by atomic mass is 16.7. The molecule has 4 aliphatic rings. The highest BCUT2D eigenvalue weighted by Gasteiger charge is 2.60. The van der Waals surface area contributed by atoms with Crippen LogP contribution in [0.4, 0.5) is 9.59 Å². The zero-order chi connectivity index (χ0) is 24.0.